The minimum absolute atomic E-state index is 0.121. The van der Waals surface area contributed by atoms with Gasteiger partial charge in [-0.05, 0) is 19.1 Å². The molecule has 0 fully saturated rings. The first kappa shape index (κ1) is 15.9. The van der Waals surface area contributed by atoms with Crippen LogP contribution in [0, 0.1) is 0 Å². The van der Waals surface area contributed by atoms with Crippen LogP contribution in [0.1, 0.15) is 19.3 Å². The van der Waals surface area contributed by atoms with Gasteiger partial charge in [0.15, 0.2) is 5.16 Å². The van der Waals surface area contributed by atoms with Crippen LogP contribution in [0.15, 0.2) is 11.2 Å². The Balaban J connectivity index is 2.40. The van der Waals surface area contributed by atoms with E-state index in [-0.39, 0.29) is 6.42 Å². The van der Waals surface area contributed by atoms with Crippen molar-refractivity contribution in [1.29, 1.82) is 0 Å². The number of aromatic nitrogens is 2. The topological polar surface area (TPSA) is 49.8 Å². The SMILES string of the molecule is CNc1cc(NCCCCC(F)(F)F)nc(SC)n1. The van der Waals surface area contributed by atoms with Crippen molar-refractivity contribution >= 4 is 23.4 Å². The van der Waals surface area contributed by atoms with Crippen LogP contribution in [-0.4, -0.2) is 36.0 Å². The number of unbranched alkanes of at least 4 members (excludes halogenated alkanes) is 1. The lowest BCUT2D eigenvalue weighted by Crippen LogP contribution is -2.09. The van der Waals surface area contributed by atoms with Crippen LogP contribution >= 0.6 is 11.8 Å². The van der Waals surface area contributed by atoms with Crippen LogP contribution in [0.4, 0.5) is 24.8 Å². The molecule has 0 saturated heterocycles. The van der Waals surface area contributed by atoms with E-state index in [2.05, 4.69) is 20.6 Å². The Morgan fingerprint density at radius 2 is 1.89 bits per heavy atom. The number of nitrogens with one attached hydrogen (secondary N) is 2. The molecule has 0 aromatic carbocycles. The predicted molar refractivity (Wildman–Crippen MR) is 71.8 cm³/mol. The average molecular weight is 294 g/mol. The molecule has 8 heteroatoms. The third-order valence-corrected chi connectivity index (χ3v) is 2.89. The Morgan fingerprint density at radius 1 is 1.21 bits per heavy atom. The minimum Gasteiger partial charge on any atom is -0.373 e. The smallest absolute Gasteiger partial charge is 0.373 e. The molecule has 0 aliphatic carbocycles. The summed E-state index contributed by atoms with van der Waals surface area (Å²) in [6, 6.07) is 1.73. The maximum atomic E-state index is 12.0. The Kier molecular flexibility index (Phi) is 6.20. The summed E-state index contributed by atoms with van der Waals surface area (Å²) in [5.41, 5.74) is 0. The summed E-state index contributed by atoms with van der Waals surface area (Å²) < 4.78 is 35.9. The molecule has 0 amide bonds. The molecular weight excluding hydrogens is 277 g/mol. The lowest BCUT2D eigenvalue weighted by Gasteiger charge is -2.09. The zero-order valence-electron chi connectivity index (χ0n) is 10.8. The van der Waals surface area contributed by atoms with Crippen molar-refractivity contribution in [2.24, 2.45) is 0 Å². The molecule has 0 saturated carbocycles. The fourth-order valence-corrected chi connectivity index (χ4v) is 1.78. The summed E-state index contributed by atoms with van der Waals surface area (Å²) in [4.78, 5) is 8.42. The van der Waals surface area contributed by atoms with Gasteiger partial charge in [-0.3, -0.25) is 0 Å². The van der Waals surface area contributed by atoms with E-state index in [1.807, 2.05) is 6.26 Å². The second kappa shape index (κ2) is 7.42. The Hall–Kier alpha value is -1.18. The van der Waals surface area contributed by atoms with Crippen LogP contribution < -0.4 is 10.6 Å². The average Bonchev–Trinajstić information content (AvgIpc) is 2.36. The molecule has 1 heterocycles. The maximum Gasteiger partial charge on any atom is 0.389 e. The van der Waals surface area contributed by atoms with Crippen LogP contribution in [0.3, 0.4) is 0 Å². The first-order chi connectivity index (χ1) is 8.94. The van der Waals surface area contributed by atoms with Gasteiger partial charge in [-0.2, -0.15) is 13.2 Å². The highest BCUT2D eigenvalue weighted by atomic mass is 32.2. The zero-order chi connectivity index (χ0) is 14.3. The second-order valence-electron chi connectivity index (χ2n) is 3.87. The van der Waals surface area contributed by atoms with Crippen LogP contribution in [0.5, 0.6) is 0 Å². The lowest BCUT2D eigenvalue weighted by atomic mass is 10.2. The molecule has 1 aromatic heterocycles. The summed E-state index contributed by atoms with van der Waals surface area (Å²) >= 11 is 1.41. The van der Waals surface area contributed by atoms with Crippen LogP contribution in [0.2, 0.25) is 0 Å². The van der Waals surface area contributed by atoms with E-state index in [4.69, 9.17) is 0 Å². The third kappa shape index (κ3) is 6.51. The number of hydrogen-bond donors (Lipinski definition) is 2. The summed E-state index contributed by atoms with van der Waals surface area (Å²) in [5, 5.41) is 6.53. The van der Waals surface area contributed by atoms with Crippen LogP contribution in [0.25, 0.3) is 0 Å². The van der Waals surface area contributed by atoms with E-state index in [0.717, 1.165) is 0 Å². The molecule has 108 valence electrons. The molecule has 2 N–H and O–H groups in total. The summed E-state index contributed by atoms with van der Waals surface area (Å²) in [7, 11) is 1.75. The van der Waals surface area contributed by atoms with Crippen molar-refractivity contribution in [2.45, 2.75) is 30.6 Å². The monoisotopic (exact) mass is 294 g/mol. The largest absolute Gasteiger partial charge is 0.389 e. The normalized spacial score (nSPS) is 11.4. The van der Waals surface area contributed by atoms with Crippen molar-refractivity contribution in [3.8, 4) is 0 Å². The molecule has 0 aliphatic rings. The lowest BCUT2D eigenvalue weighted by molar-refractivity contribution is -0.135. The third-order valence-electron chi connectivity index (χ3n) is 2.34. The van der Waals surface area contributed by atoms with Crippen LogP contribution in [-0.2, 0) is 0 Å². The molecular formula is C11H17F3N4S. The number of halogens is 3. The van der Waals surface area contributed by atoms with Gasteiger partial charge in [-0.25, -0.2) is 9.97 Å². The number of hydrogen-bond acceptors (Lipinski definition) is 5. The van der Waals surface area contributed by atoms with E-state index in [9.17, 15) is 13.2 Å². The number of alkyl halides is 3. The van der Waals surface area contributed by atoms with Gasteiger partial charge >= 0.3 is 6.18 Å². The standard InChI is InChI=1S/C11H17F3N4S/c1-15-8-7-9(18-10(17-8)19-2)16-6-4-3-5-11(12,13)14/h7H,3-6H2,1-2H3,(H2,15,16,17,18). The van der Waals surface area contributed by atoms with Gasteiger partial charge in [0.05, 0.1) is 0 Å². The summed E-state index contributed by atoms with van der Waals surface area (Å²) in [6.45, 7) is 0.462. The molecule has 4 nitrogen and oxygen atoms in total. The van der Waals surface area contributed by atoms with Crippen molar-refractivity contribution < 1.29 is 13.2 Å². The fraction of sp³-hybridized carbons (Fsp3) is 0.636. The molecule has 0 bridgehead atoms. The maximum absolute atomic E-state index is 12.0. The quantitative estimate of drug-likeness (QED) is 0.458. The fourth-order valence-electron chi connectivity index (χ4n) is 1.40. The van der Waals surface area contributed by atoms with Gasteiger partial charge in [0.25, 0.3) is 0 Å². The number of rotatable bonds is 7. The van der Waals surface area contributed by atoms with Gasteiger partial charge in [-0.1, -0.05) is 11.8 Å². The van der Waals surface area contributed by atoms with E-state index >= 15 is 0 Å². The summed E-state index contributed by atoms with van der Waals surface area (Å²) in [6.07, 6.45) is -2.37. The molecule has 0 radical (unpaired) electrons. The Morgan fingerprint density at radius 3 is 2.47 bits per heavy atom. The number of nitrogens with zero attached hydrogens (tertiary/aromatic N) is 2. The predicted octanol–water partition coefficient (Wildman–Crippen LogP) is 3.38. The molecule has 19 heavy (non-hydrogen) atoms. The van der Waals surface area contributed by atoms with Gasteiger partial charge < -0.3 is 10.6 Å². The Labute approximate surface area is 114 Å². The first-order valence-corrected chi connectivity index (χ1v) is 7.08. The van der Waals surface area contributed by atoms with Gasteiger partial charge in [0, 0.05) is 26.1 Å². The van der Waals surface area contributed by atoms with E-state index in [0.29, 0.717) is 29.8 Å². The Bertz CT molecular complexity index is 376. The zero-order valence-corrected chi connectivity index (χ0v) is 11.7. The number of anilines is 2. The molecule has 0 atom stereocenters. The second-order valence-corrected chi connectivity index (χ2v) is 4.65. The number of thioether (sulfide) groups is 1. The highest BCUT2D eigenvalue weighted by Crippen LogP contribution is 2.22. The van der Waals surface area contributed by atoms with Crippen molar-refractivity contribution in [1.82, 2.24) is 9.97 Å². The summed E-state index contributed by atoms with van der Waals surface area (Å²) in [5.74, 6) is 1.30. The molecule has 0 aliphatic heterocycles. The van der Waals surface area contributed by atoms with E-state index < -0.39 is 12.6 Å². The van der Waals surface area contributed by atoms with Gasteiger partial charge in [-0.15, -0.1) is 0 Å². The molecule has 1 aromatic rings. The first-order valence-electron chi connectivity index (χ1n) is 5.86. The van der Waals surface area contributed by atoms with Crippen molar-refractivity contribution in [3.63, 3.8) is 0 Å². The molecule has 0 unspecified atom stereocenters. The van der Waals surface area contributed by atoms with Gasteiger partial charge in [0.1, 0.15) is 11.6 Å². The molecule has 1 rings (SSSR count). The minimum atomic E-state index is -4.07. The highest BCUT2D eigenvalue weighted by Gasteiger charge is 2.25. The van der Waals surface area contributed by atoms with Gasteiger partial charge in [0.2, 0.25) is 0 Å². The van der Waals surface area contributed by atoms with Crippen molar-refractivity contribution in [3.05, 3.63) is 6.07 Å². The highest BCUT2D eigenvalue weighted by molar-refractivity contribution is 7.98. The molecule has 0 spiro atoms. The van der Waals surface area contributed by atoms with E-state index in [1.165, 1.54) is 11.8 Å². The van der Waals surface area contributed by atoms with Crippen molar-refractivity contribution in [2.75, 3.05) is 30.5 Å². The van der Waals surface area contributed by atoms with E-state index in [1.54, 1.807) is 13.1 Å².